The van der Waals surface area contributed by atoms with Crippen LogP contribution in [0.25, 0.3) is 0 Å². The van der Waals surface area contributed by atoms with Gasteiger partial charge in [0.15, 0.2) is 0 Å². The minimum atomic E-state index is -3.89. The molecule has 0 unspecified atom stereocenters. The highest BCUT2D eigenvalue weighted by Crippen LogP contribution is 2.29. The number of benzene rings is 3. The normalized spacial score (nSPS) is 16.5. The molecule has 31 heavy (non-hydrogen) atoms. The van der Waals surface area contributed by atoms with E-state index in [1.807, 2.05) is 55.5 Å². The van der Waals surface area contributed by atoms with Gasteiger partial charge in [0.25, 0.3) is 0 Å². The standard InChI is InChI=1S/C24H23ClN2O3S/c1-17-6-8-18(9-7-17)15-26-24(28)23-14-19-4-2-3-5-20(19)16-27(23)31(29,30)22-12-10-21(25)11-13-22/h2-13,23H,14-16H2,1H3,(H,26,28)/t23-/m1/s1. The largest absolute Gasteiger partial charge is 0.351 e. The molecule has 1 aliphatic heterocycles. The van der Waals surface area contributed by atoms with Gasteiger partial charge in [0.2, 0.25) is 15.9 Å². The third kappa shape index (κ3) is 4.66. The summed E-state index contributed by atoms with van der Waals surface area (Å²) >= 11 is 5.93. The maximum atomic E-state index is 13.4. The summed E-state index contributed by atoms with van der Waals surface area (Å²) in [4.78, 5) is 13.3. The Labute approximate surface area is 187 Å². The second-order valence-electron chi connectivity index (χ2n) is 7.70. The number of nitrogens with one attached hydrogen (secondary N) is 1. The zero-order valence-corrected chi connectivity index (χ0v) is 18.7. The lowest BCUT2D eigenvalue weighted by Gasteiger charge is -2.35. The number of nitrogens with zero attached hydrogens (tertiary/aromatic N) is 1. The van der Waals surface area contributed by atoms with E-state index in [2.05, 4.69) is 5.32 Å². The molecule has 0 aliphatic carbocycles. The van der Waals surface area contributed by atoms with Gasteiger partial charge in [-0.1, -0.05) is 65.7 Å². The van der Waals surface area contributed by atoms with E-state index in [0.717, 1.165) is 22.3 Å². The summed E-state index contributed by atoms with van der Waals surface area (Å²) in [7, 11) is -3.89. The first-order chi connectivity index (χ1) is 14.8. The fourth-order valence-corrected chi connectivity index (χ4v) is 5.42. The maximum absolute atomic E-state index is 13.4. The summed E-state index contributed by atoms with van der Waals surface area (Å²) in [6.45, 7) is 2.48. The fourth-order valence-electron chi connectivity index (χ4n) is 3.73. The van der Waals surface area contributed by atoms with E-state index in [1.165, 1.54) is 16.4 Å². The number of hydrogen-bond donors (Lipinski definition) is 1. The van der Waals surface area contributed by atoms with E-state index in [4.69, 9.17) is 11.6 Å². The summed E-state index contributed by atoms with van der Waals surface area (Å²) in [5, 5.41) is 3.37. The van der Waals surface area contributed by atoms with Gasteiger partial charge in [-0.2, -0.15) is 4.31 Å². The lowest BCUT2D eigenvalue weighted by molar-refractivity contribution is -0.125. The average molecular weight is 455 g/mol. The molecule has 3 aromatic rings. The first-order valence-corrected chi connectivity index (χ1v) is 11.8. The minimum absolute atomic E-state index is 0.118. The molecule has 160 valence electrons. The Morgan fingerprint density at radius 2 is 1.65 bits per heavy atom. The van der Waals surface area contributed by atoms with Crippen LogP contribution in [0, 0.1) is 6.92 Å². The molecular formula is C24H23ClN2O3S. The van der Waals surface area contributed by atoms with Crippen molar-refractivity contribution in [2.24, 2.45) is 0 Å². The van der Waals surface area contributed by atoms with Crippen molar-refractivity contribution in [1.29, 1.82) is 0 Å². The number of sulfonamides is 1. The molecule has 1 amide bonds. The zero-order chi connectivity index (χ0) is 22.0. The van der Waals surface area contributed by atoms with Gasteiger partial charge < -0.3 is 5.32 Å². The molecule has 1 N–H and O–H groups in total. The highest BCUT2D eigenvalue weighted by atomic mass is 35.5. The second kappa shape index (κ2) is 8.83. The number of hydrogen-bond acceptors (Lipinski definition) is 3. The van der Waals surface area contributed by atoms with Crippen LogP contribution in [0.3, 0.4) is 0 Å². The molecule has 0 saturated carbocycles. The molecule has 4 rings (SSSR count). The summed E-state index contributed by atoms with van der Waals surface area (Å²) in [5.74, 6) is -0.312. The number of aryl methyl sites for hydroxylation is 1. The summed E-state index contributed by atoms with van der Waals surface area (Å²) < 4.78 is 28.2. The molecule has 5 nitrogen and oxygen atoms in total. The van der Waals surface area contributed by atoms with Gasteiger partial charge in [-0.05, 0) is 54.3 Å². The van der Waals surface area contributed by atoms with Crippen molar-refractivity contribution >= 4 is 27.5 Å². The third-order valence-electron chi connectivity index (χ3n) is 5.52. The van der Waals surface area contributed by atoms with Crippen LogP contribution in [0.1, 0.15) is 22.3 Å². The Morgan fingerprint density at radius 3 is 2.32 bits per heavy atom. The van der Waals surface area contributed by atoms with Gasteiger partial charge in [0, 0.05) is 18.1 Å². The smallest absolute Gasteiger partial charge is 0.244 e. The van der Waals surface area contributed by atoms with Gasteiger partial charge in [0.05, 0.1) is 4.90 Å². The van der Waals surface area contributed by atoms with Crippen LogP contribution >= 0.6 is 11.6 Å². The van der Waals surface area contributed by atoms with Crippen molar-refractivity contribution in [3.63, 3.8) is 0 Å². The van der Waals surface area contributed by atoms with Crippen molar-refractivity contribution in [2.45, 2.75) is 37.4 Å². The lowest BCUT2D eigenvalue weighted by Crippen LogP contribution is -2.52. The van der Waals surface area contributed by atoms with E-state index in [1.54, 1.807) is 12.1 Å². The van der Waals surface area contributed by atoms with Crippen LogP contribution < -0.4 is 5.32 Å². The first-order valence-electron chi connectivity index (χ1n) is 10.0. The predicted octanol–water partition coefficient (Wildman–Crippen LogP) is 4.08. The lowest BCUT2D eigenvalue weighted by atomic mass is 9.95. The van der Waals surface area contributed by atoms with E-state index < -0.39 is 16.1 Å². The minimum Gasteiger partial charge on any atom is -0.351 e. The molecule has 1 aliphatic rings. The number of carbonyl (C=O) groups excluding carboxylic acids is 1. The van der Waals surface area contributed by atoms with Gasteiger partial charge in [-0.15, -0.1) is 0 Å². The van der Waals surface area contributed by atoms with Crippen molar-refractivity contribution in [3.8, 4) is 0 Å². The van der Waals surface area contributed by atoms with Crippen LogP contribution in [-0.4, -0.2) is 24.7 Å². The Morgan fingerprint density at radius 1 is 1.00 bits per heavy atom. The summed E-state index contributed by atoms with van der Waals surface area (Å²) in [6, 6.07) is 20.7. The van der Waals surface area contributed by atoms with Crippen LogP contribution in [0.5, 0.6) is 0 Å². The average Bonchev–Trinajstić information content (AvgIpc) is 2.78. The van der Waals surface area contributed by atoms with Gasteiger partial charge >= 0.3 is 0 Å². The van der Waals surface area contributed by atoms with E-state index in [-0.39, 0.29) is 17.3 Å². The van der Waals surface area contributed by atoms with Crippen LogP contribution in [0.2, 0.25) is 5.02 Å². The summed E-state index contributed by atoms with van der Waals surface area (Å²) in [5.41, 5.74) is 3.99. The van der Waals surface area contributed by atoms with Crippen LogP contribution in [0.15, 0.2) is 77.7 Å². The highest BCUT2D eigenvalue weighted by molar-refractivity contribution is 7.89. The number of halogens is 1. The third-order valence-corrected chi connectivity index (χ3v) is 7.64. The van der Waals surface area contributed by atoms with Gasteiger partial charge in [-0.25, -0.2) is 8.42 Å². The topological polar surface area (TPSA) is 66.5 Å². The molecule has 3 aromatic carbocycles. The Hall–Kier alpha value is -2.67. The molecule has 0 saturated heterocycles. The van der Waals surface area contributed by atoms with Crippen LogP contribution in [-0.2, 0) is 34.3 Å². The Kier molecular flexibility index (Phi) is 6.14. The SMILES string of the molecule is Cc1ccc(CNC(=O)[C@H]2Cc3ccccc3CN2S(=O)(=O)c2ccc(Cl)cc2)cc1. The Balaban J connectivity index is 1.63. The highest BCUT2D eigenvalue weighted by Gasteiger charge is 2.39. The maximum Gasteiger partial charge on any atom is 0.244 e. The zero-order valence-electron chi connectivity index (χ0n) is 17.1. The van der Waals surface area contributed by atoms with Crippen molar-refractivity contribution in [3.05, 3.63) is 100 Å². The molecule has 0 aromatic heterocycles. The second-order valence-corrected chi connectivity index (χ2v) is 10.0. The van der Waals surface area contributed by atoms with Gasteiger partial charge in [-0.3, -0.25) is 4.79 Å². The Bertz CT molecular complexity index is 1190. The molecule has 0 bridgehead atoms. The molecule has 0 spiro atoms. The molecular weight excluding hydrogens is 432 g/mol. The number of amides is 1. The van der Waals surface area contributed by atoms with Crippen molar-refractivity contribution in [2.75, 3.05) is 0 Å². The molecule has 0 radical (unpaired) electrons. The van der Waals surface area contributed by atoms with Crippen molar-refractivity contribution in [1.82, 2.24) is 9.62 Å². The van der Waals surface area contributed by atoms with Crippen LogP contribution in [0.4, 0.5) is 0 Å². The monoisotopic (exact) mass is 454 g/mol. The van der Waals surface area contributed by atoms with E-state index in [9.17, 15) is 13.2 Å². The molecule has 7 heteroatoms. The van der Waals surface area contributed by atoms with Crippen molar-refractivity contribution < 1.29 is 13.2 Å². The van der Waals surface area contributed by atoms with E-state index in [0.29, 0.717) is 18.0 Å². The summed E-state index contributed by atoms with van der Waals surface area (Å²) in [6.07, 6.45) is 0.322. The van der Waals surface area contributed by atoms with Gasteiger partial charge in [0.1, 0.15) is 6.04 Å². The molecule has 1 heterocycles. The number of rotatable bonds is 5. The molecule has 0 fully saturated rings. The predicted molar refractivity (Wildman–Crippen MR) is 121 cm³/mol. The molecule has 1 atom stereocenters. The van der Waals surface area contributed by atoms with E-state index >= 15 is 0 Å². The fraction of sp³-hybridized carbons (Fsp3) is 0.208. The number of fused-ring (bicyclic) bond motifs is 1. The number of carbonyl (C=O) groups is 1. The first kappa shape index (κ1) is 21.6. The quantitative estimate of drug-likeness (QED) is 0.631.